The Morgan fingerprint density at radius 2 is 0.793 bits per heavy atom. The zero-order valence-electron chi connectivity index (χ0n) is 31.3. The van der Waals surface area contributed by atoms with Crippen molar-refractivity contribution in [2.45, 2.75) is 0 Å². The van der Waals surface area contributed by atoms with Crippen LogP contribution >= 0.6 is 22.7 Å². The molecular weight excluding hydrogens is 741 g/mol. The molecule has 0 aliphatic carbocycles. The van der Waals surface area contributed by atoms with Crippen LogP contribution in [0, 0.1) is 0 Å². The highest BCUT2D eigenvalue weighted by Gasteiger charge is 2.25. The van der Waals surface area contributed by atoms with Gasteiger partial charge < -0.3 is 9.47 Å². The van der Waals surface area contributed by atoms with Gasteiger partial charge in [0.05, 0.1) is 28.1 Å². The Bertz CT molecular complexity index is 3380. The van der Waals surface area contributed by atoms with E-state index in [1.807, 2.05) is 22.7 Å². The molecule has 0 atom stereocenters. The van der Waals surface area contributed by atoms with Crippen LogP contribution in [0.4, 0.5) is 17.1 Å². The van der Waals surface area contributed by atoms with Crippen LogP contribution in [0.2, 0.25) is 0 Å². The first-order valence-electron chi connectivity index (χ1n) is 19.7. The van der Waals surface area contributed by atoms with E-state index in [0.717, 1.165) is 22.7 Å². The first-order chi connectivity index (χ1) is 28.8. The summed E-state index contributed by atoms with van der Waals surface area (Å²) in [7, 11) is 0. The summed E-state index contributed by atoms with van der Waals surface area (Å²) in [5, 5.41) is 7.63. The number of fused-ring (bicyclic) bond motifs is 9. The molecule has 0 aliphatic rings. The van der Waals surface area contributed by atoms with Crippen molar-refractivity contribution in [1.82, 2.24) is 4.57 Å². The normalized spacial score (nSPS) is 11.8. The van der Waals surface area contributed by atoms with Gasteiger partial charge in [-0.1, -0.05) is 127 Å². The molecule has 0 unspecified atom stereocenters. The lowest BCUT2D eigenvalue weighted by atomic mass is 9.96. The number of anilines is 3. The van der Waals surface area contributed by atoms with E-state index >= 15 is 0 Å². The minimum atomic E-state index is 1.12. The number of aromatic nitrogens is 1. The summed E-state index contributed by atoms with van der Waals surface area (Å²) < 4.78 is 7.65. The predicted molar refractivity (Wildman–Crippen MR) is 252 cm³/mol. The summed E-state index contributed by atoms with van der Waals surface area (Å²) >= 11 is 3.72. The molecule has 0 fully saturated rings. The van der Waals surface area contributed by atoms with Gasteiger partial charge in [-0.15, -0.1) is 22.7 Å². The minimum absolute atomic E-state index is 1.12. The molecule has 0 spiro atoms. The highest BCUT2D eigenvalue weighted by atomic mass is 32.1. The number of benzene rings is 9. The first-order valence-corrected chi connectivity index (χ1v) is 21.3. The Morgan fingerprint density at radius 1 is 0.328 bits per heavy atom. The SMILES string of the molecule is c1ccc(-n2c3ccccc3c3c(N(c4ccccc4-c4ccc5sc6ccccc6c5c4)c4ccccc4-c4ccc5sc6ccccc6c5c4)cccc32)cc1. The number of hydrogen-bond donors (Lipinski definition) is 0. The molecule has 0 saturated carbocycles. The van der Waals surface area contributed by atoms with E-state index in [1.54, 1.807) is 0 Å². The van der Waals surface area contributed by atoms with Gasteiger partial charge in [0.15, 0.2) is 0 Å². The molecule has 9 aromatic carbocycles. The van der Waals surface area contributed by atoms with Crippen molar-refractivity contribution in [2.75, 3.05) is 4.90 Å². The zero-order chi connectivity index (χ0) is 38.2. The van der Waals surface area contributed by atoms with Crippen LogP contribution in [-0.2, 0) is 0 Å². The van der Waals surface area contributed by atoms with E-state index in [2.05, 4.69) is 216 Å². The van der Waals surface area contributed by atoms with Crippen LogP contribution in [0.15, 0.2) is 206 Å². The second kappa shape index (κ2) is 13.3. The maximum absolute atomic E-state index is 2.53. The van der Waals surface area contributed by atoms with Crippen LogP contribution in [0.25, 0.3) is 90.1 Å². The van der Waals surface area contributed by atoms with Crippen molar-refractivity contribution < 1.29 is 0 Å². The molecular formula is C54H34N2S2. The average Bonchev–Trinajstić information content (AvgIpc) is 3.96. The number of nitrogens with zero attached hydrogens (tertiary/aromatic N) is 2. The summed E-state index contributed by atoms with van der Waals surface area (Å²) in [6, 6.07) is 75.8. The lowest BCUT2D eigenvalue weighted by Gasteiger charge is -2.30. The third kappa shape index (κ3) is 5.16. The Morgan fingerprint density at radius 3 is 1.41 bits per heavy atom. The molecule has 0 N–H and O–H groups in total. The Balaban J connectivity index is 1.16. The van der Waals surface area contributed by atoms with Crippen molar-refractivity contribution >= 4 is 102 Å². The van der Waals surface area contributed by atoms with E-state index in [0.29, 0.717) is 0 Å². The van der Waals surface area contributed by atoms with Crippen LogP contribution in [-0.4, -0.2) is 4.57 Å². The van der Waals surface area contributed by atoms with Gasteiger partial charge in [0, 0.05) is 67.9 Å². The van der Waals surface area contributed by atoms with Crippen molar-refractivity contribution in [3.8, 4) is 27.9 Å². The molecule has 0 bridgehead atoms. The van der Waals surface area contributed by atoms with Crippen molar-refractivity contribution in [2.24, 2.45) is 0 Å². The van der Waals surface area contributed by atoms with Crippen LogP contribution in [0.5, 0.6) is 0 Å². The second-order valence-corrected chi connectivity index (χ2v) is 17.0. The van der Waals surface area contributed by atoms with Crippen LogP contribution < -0.4 is 4.90 Å². The highest BCUT2D eigenvalue weighted by molar-refractivity contribution is 7.26. The molecule has 0 aliphatic heterocycles. The monoisotopic (exact) mass is 774 g/mol. The van der Waals surface area contributed by atoms with Gasteiger partial charge in [-0.3, -0.25) is 0 Å². The van der Waals surface area contributed by atoms with Gasteiger partial charge in [0.1, 0.15) is 0 Å². The van der Waals surface area contributed by atoms with Gasteiger partial charge in [-0.2, -0.15) is 0 Å². The van der Waals surface area contributed by atoms with E-state index in [-0.39, 0.29) is 0 Å². The molecule has 4 heteroatoms. The quantitative estimate of drug-likeness (QED) is 0.163. The lowest BCUT2D eigenvalue weighted by molar-refractivity contribution is 1.18. The fourth-order valence-corrected chi connectivity index (χ4v) is 11.2. The van der Waals surface area contributed by atoms with Crippen LogP contribution in [0.3, 0.4) is 0 Å². The van der Waals surface area contributed by atoms with Crippen LogP contribution in [0.1, 0.15) is 0 Å². The standard InChI is InChI=1S/C54H34N2S2/c1-2-15-37(16-3-1)55-47-24-11-6-21-42(47)54-48(55)25-14-26-49(54)56(45-22-9-4-17-38(45)35-29-31-52-43(33-35)40-19-7-12-27-50(40)57-52)46-23-10-5-18-39(46)36-30-32-53-44(34-36)41-20-8-13-28-51(41)58-53/h1-34H. The predicted octanol–water partition coefficient (Wildman–Crippen LogP) is 16.3. The van der Waals surface area contributed by atoms with Crippen molar-refractivity contribution in [3.05, 3.63) is 206 Å². The van der Waals surface area contributed by atoms with Crippen molar-refractivity contribution in [3.63, 3.8) is 0 Å². The van der Waals surface area contributed by atoms with Gasteiger partial charge in [0.2, 0.25) is 0 Å². The Labute approximate surface area is 343 Å². The number of hydrogen-bond acceptors (Lipinski definition) is 3. The average molecular weight is 775 g/mol. The summed E-state index contributed by atoms with van der Waals surface area (Å²) in [5.41, 5.74) is 11.6. The number of para-hydroxylation sites is 4. The fourth-order valence-electron chi connectivity index (χ4n) is 9.04. The summed E-state index contributed by atoms with van der Waals surface area (Å²) in [4.78, 5) is 2.53. The first kappa shape index (κ1) is 33.2. The molecule has 58 heavy (non-hydrogen) atoms. The molecule has 0 saturated heterocycles. The molecule has 2 nitrogen and oxygen atoms in total. The van der Waals surface area contributed by atoms with Gasteiger partial charge in [0.25, 0.3) is 0 Å². The van der Waals surface area contributed by atoms with E-state index in [4.69, 9.17) is 0 Å². The molecule has 0 amide bonds. The Kier molecular flexibility index (Phi) is 7.62. The zero-order valence-corrected chi connectivity index (χ0v) is 33.0. The van der Waals surface area contributed by atoms with E-state index < -0.39 is 0 Å². The molecule has 3 heterocycles. The summed E-state index contributed by atoms with van der Waals surface area (Å²) in [6.45, 7) is 0. The van der Waals surface area contributed by atoms with Gasteiger partial charge in [-0.25, -0.2) is 0 Å². The molecule has 0 radical (unpaired) electrons. The third-order valence-electron chi connectivity index (χ3n) is 11.6. The van der Waals surface area contributed by atoms with Gasteiger partial charge in [-0.05, 0) is 90.0 Å². The lowest BCUT2D eigenvalue weighted by Crippen LogP contribution is -2.13. The fraction of sp³-hybridized carbons (Fsp3) is 0. The van der Waals surface area contributed by atoms with Gasteiger partial charge >= 0.3 is 0 Å². The maximum Gasteiger partial charge on any atom is 0.0562 e. The summed E-state index contributed by atoms with van der Waals surface area (Å²) in [5.74, 6) is 0. The molecule has 12 rings (SSSR count). The molecule has 272 valence electrons. The number of thiophene rings is 2. The van der Waals surface area contributed by atoms with E-state index in [1.165, 1.54) is 84.4 Å². The molecule has 12 aromatic rings. The molecule has 3 aromatic heterocycles. The maximum atomic E-state index is 2.53. The smallest absolute Gasteiger partial charge is 0.0562 e. The topological polar surface area (TPSA) is 8.17 Å². The van der Waals surface area contributed by atoms with E-state index in [9.17, 15) is 0 Å². The summed E-state index contributed by atoms with van der Waals surface area (Å²) in [6.07, 6.45) is 0. The third-order valence-corrected chi connectivity index (χ3v) is 13.9. The Hall–Kier alpha value is -6.98. The minimum Gasteiger partial charge on any atom is -0.309 e. The second-order valence-electron chi connectivity index (χ2n) is 14.8. The highest BCUT2D eigenvalue weighted by Crippen LogP contribution is 2.50. The van der Waals surface area contributed by atoms with Crippen molar-refractivity contribution in [1.29, 1.82) is 0 Å². The number of rotatable bonds is 6. The largest absolute Gasteiger partial charge is 0.309 e.